The van der Waals surface area contributed by atoms with Gasteiger partial charge in [0.15, 0.2) is 0 Å². The summed E-state index contributed by atoms with van der Waals surface area (Å²) in [5.41, 5.74) is -0.787. The Morgan fingerprint density at radius 1 is 1.44 bits per heavy atom. The zero-order chi connectivity index (χ0) is 12.4. The van der Waals surface area contributed by atoms with Crippen molar-refractivity contribution in [2.24, 2.45) is 5.92 Å². The minimum Gasteiger partial charge on any atom is -0.480 e. The molecule has 94 valence electrons. The van der Waals surface area contributed by atoms with E-state index >= 15 is 0 Å². The molecule has 0 radical (unpaired) electrons. The quantitative estimate of drug-likeness (QED) is 0.776. The number of hydrogen-bond donors (Lipinski definition) is 2. The summed E-state index contributed by atoms with van der Waals surface area (Å²) in [5.74, 6) is -0.0139. The smallest absolute Gasteiger partial charge is 0.323 e. The molecule has 0 atom stereocenters. The molecule has 1 saturated carbocycles. The molecule has 0 spiro atoms. The molecule has 0 saturated heterocycles. The Morgan fingerprint density at radius 3 is 2.31 bits per heavy atom. The van der Waals surface area contributed by atoms with Crippen molar-refractivity contribution < 1.29 is 9.90 Å². The number of carboxylic acid groups (broad SMARTS) is 1. The van der Waals surface area contributed by atoms with Gasteiger partial charge in [0.05, 0.1) is 0 Å². The van der Waals surface area contributed by atoms with E-state index in [1.54, 1.807) is 0 Å². The van der Waals surface area contributed by atoms with Crippen molar-refractivity contribution in [1.29, 1.82) is 0 Å². The van der Waals surface area contributed by atoms with Crippen LogP contribution in [0.5, 0.6) is 0 Å². The molecule has 0 bridgehead atoms. The van der Waals surface area contributed by atoms with Gasteiger partial charge >= 0.3 is 5.97 Å². The van der Waals surface area contributed by atoms with Crippen molar-refractivity contribution in [2.45, 2.75) is 70.9 Å². The highest BCUT2D eigenvalue weighted by molar-refractivity contribution is 5.79. The third-order valence-corrected chi connectivity index (χ3v) is 4.00. The molecule has 0 amide bonds. The summed E-state index contributed by atoms with van der Waals surface area (Å²) in [6.45, 7) is 8.45. The summed E-state index contributed by atoms with van der Waals surface area (Å²) in [5, 5.41) is 12.9. The highest BCUT2D eigenvalue weighted by atomic mass is 16.4. The van der Waals surface area contributed by atoms with Crippen LogP contribution in [-0.2, 0) is 4.79 Å². The van der Waals surface area contributed by atoms with Crippen molar-refractivity contribution in [1.82, 2.24) is 5.32 Å². The van der Waals surface area contributed by atoms with Crippen molar-refractivity contribution in [3.05, 3.63) is 0 Å². The van der Waals surface area contributed by atoms with Crippen molar-refractivity contribution >= 4 is 5.97 Å². The summed E-state index contributed by atoms with van der Waals surface area (Å²) in [6.07, 6.45) is 4.48. The first kappa shape index (κ1) is 13.5. The summed E-state index contributed by atoms with van der Waals surface area (Å²) in [6, 6.07) is 0. The zero-order valence-electron chi connectivity index (χ0n) is 11.0. The summed E-state index contributed by atoms with van der Waals surface area (Å²) >= 11 is 0. The average Bonchev–Trinajstić information content (AvgIpc) is 2.21. The van der Waals surface area contributed by atoms with Crippen molar-refractivity contribution in [3.63, 3.8) is 0 Å². The number of aliphatic carboxylic acids is 1. The maximum Gasteiger partial charge on any atom is 0.323 e. The molecule has 0 aromatic rings. The van der Waals surface area contributed by atoms with E-state index in [2.05, 4.69) is 33.0 Å². The fraction of sp³-hybridized carbons (Fsp3) is 0.923. The minimum absolute atomic E-state index is 0.0982. The molecule has 3 heteroatoms. The van der Waals surface area contributed by atoms with Crippen LogP contribution in [0.1, 0.15) is 59.8 Å². The van der Waals surface area contributed by atoms with Gasteiger partial charge in [-0.25, -0.2) is 0 Å². The van der Waals surface area contributed by atoms with E-state index in [1.165, 1.54) is 0 Å². The molecule has 0 unspecified atom stereocenters. The summed E-state index contributed by atoms with van der Waals surface area (Å²) < 4.78 is 0. The topological polar surface area (TPSA) is 49.3 Å². The predicted octanol–water partition coefficient (Wildman–Crippen LogP) is 2.80. The molecule has 3 nitrogen and oxygen atoms in total. The first-order valence-corrected chi connectivity index (χ1v) is 6.34. The Balaban J connectivity index is 2.78. The average molecular weight is 227 g/mol. The molecular weight excluding hydrogens is 202 g/mol. The predicted molar refractivity (Wildman–Crippen MR) is 65.5 cm³/mol. The van der Waals surface area contributed by atoms with Crippen LogP contribution in [-0.4, -0.2) is 22.2 Å². The largest absolute Gasteiger partial charge is 0.480 e. The second-order valence-electron chi connectivity index (χ2n) is 5.93. The van der Waals surface area contributed by atoms with Gasteiger partial charge in [-0.05, 0) is 51.9 Å². The van der Waals surface area contributed by atoms with Crippen LogP contribution in [0.4, 0.5) is 0 Å². The zero-order valence-corrected chi connectivity index (χ0v) is 11.0. The van der Waals surface area contributed by atoms with Crippen LogP contribution in [0.25, 0.3) is 0 Å². The SMILES string of the molecule is CCC(C)(C)NC1(C(=O)O)CCC(C)CC1. The lowest BCUT2D eigenvalue weighted by atomic mass is 9.75. The second kappa shape index (κ2) is 4.74. The number of rotatable bonds is 4. The molecule has 1 aliphatic rings. The van der Waals surface area contributed by atoms with Gasteiger partial charge < -0.3 is 5.11 Å². The molecule has 1 rings (SSSR count). The van der Waals surface area contributed by atoms with E-state index < -0.39 is 11.5 Å². The maximum absolute atomic E-state index is 11.5. The molecular formula is C13H25NO2. The Bertz CT molecular complexity index is 253. The first-order chi connectivity index (χ1) is 7.31. The standard InChI is InChI=1S/C13H25NO2/c1-5-12(3,4)14-13(11(15)16)8-6-10(2)7-9-13/h10,14H,5-9H2,1-4H3,(H,15,16). The lowest BCUT2D eigenvalue weighted by Crippen LogP contribution is -2.61. The van der Waals surface area contributed by atoms with E-state index in [-0.39, 0.29) is 5.54 Å². The molecule has 0 aromatic heterocycles. The highest BCUT2D eigenvalue weighted by Crippen LogP contribution is 2.34. The second-order valence-corrected chi connectivity index (χ2v) is 5.93. The van der Waals surface area contributed by atoms with E-state index in [0.717, 1.165) is 32.1 Å². The Hall–Kier alpha value is -0.570. The molecule has 0 aliphatic heterocycles. The maximum atomic E-state index is 11.5. The first-order valence-electron chi connectivity index (χ1n) is 6.34. The van der Waals surface area contributed by atoms with Gasteiger partial charge in [-0.3, -0.25) is 10.1 Å². The number of carbonyl (C=O) groups is 1. The Labute approximate surface area is 98.6 Å². The molecule has 16 heavy (non-hydrogen) atoms. The minimum atomic E-state index is -0.688. The lowest BCUT2D eigenvalue weighted by Gasteiger charge is -2.42. The molecule has 2 N–H and O–H groups in total. The highest BCUT2D eigenvalue weighted by Gasteiger charge is 2.43. The normalized spacial score (nSPS) is 31.4. The fourth-order valence-electron chi connectivity index (χ4n) is 2.38. The molecule has 1 fully saturated rings. The fourth-order valence-corrected chi connectivity index (χ4v) is 2.38. The van der Waals surface area contributed by atoms with Crippen LogP contribution >= 0.6 is 0 Å². The van der Waals surface area contributed by atoms with Gasteiger partial charge in [-0.2, -0.15) is 0 Å². The molecule has 0 aromatic carbocycles. The number of nitrogens with one attached hydrogen (secondary N) is 1. The number of hydrogen-bond acceptors (Lipinski definition) is 2. The third kappa shape index (κ3) is 2.97. The van der Waals surface area contributed by atoms with E-state index in [4.69, 9.17) is 0 Å². The van der Waals surface area contributed by atoms with E-state index in [9.17, 15) is 9.90 Å². The monoisotopic (exact) mass is 227 g/mol. The van der Waals surface area contributed by atoms with Crippen LogP contribution < -0.4 is 5.32 Å². The van der Waals surface area contributed by atoms with Gasteiger partial charge in [0.2, 0.25) is 0 Å². The Kier molecular flexibility index (Phi) is 4.00. The van der Waals surface area contributed by atoms with Gasteiger partial charge in [0, 0.05) is 5.54 Å². The summed E-state index contributed by atoms with van der Waals surface area (Å²) in [7, 11) is 0. The van der Waals surface area contributed by atoms with Crippen molar-refractivity contribution in [3.8, 4) is 0 Å². The van der Waals surface area contributed by atoms with Crippen molar-refractivity contribution in [2.75, 3.05) is 0 Å². The van der Waals surface area contributed by atoms with Gasteiger partial charge in [-0.15, -0.1) is 0 Å². The molecule has 1 aliphatic carbocycles. The van der Waals surface area contributed by atoms with Crippen LogP contribution in [0.3, 0.4) is 0 Å². The number of carboxylic acids is 1. The molecule has 0 heterocycles. The third-order valence-electron chi connectivity index (χ3n) is 4.00. The van der Waals surface area contributed by atoms with Gasteiger partial charge in [-0.1, -0.05) is 13.8 Å². The Morgan fingerprint density at radius 2 is 1.94 bits per heavy atom. The van der Waals surface area contributed by atoms with Gasteiger partial charge in [0.1, 0.15) is 5.54 Å². The van der Waals surface area contributed by atoms with Gasteiger partial charge in [0.25, 0.3) is 0 Å². The summed E-state index contributed by atoms with van der Waals surface area (Å²) in [4.78, 5) is 11.5. The van der Waals surface area contributed by atoms with Crippen LogP contribution in [0.2, 0.25) is 0 Å². The van der Waals surface area contributed by atoms with Crippen LogP contribution in [0, 0.1) is 5.92 Å². The van der Waals surface area contributed by atoms with Crippen LogP contribution in [0.15, 0.2) is 0 Å². The van der Waals surface area contributed by atoms with E-state index in [0.29, 0.717) is 5.92 Å². The lowest BCUT2D eigenvalue weighted by molar-refractivity contribution is -0.148. The van der Waals surface area contributed by atoms with E-state index in [1.807, 2.05) is 0 Å².